The molecule has 0 fully saturated rings. The summed E-state index contributed by atoms with van der Waals surface area (Å²) in [7, 11) is 1.19. The minimum absolute atomic E-state index is 0.272. The van der Waals surface area contributed by atoms with Gasteiger partial charge in [0.1, 0.15) is 34.1 Å². The van der Waals surface area contributed by atoms with E-state index in [9.17, 15) is 5.11 Å². The fourth-order valence-corrected chi connectivity index (χ4v) is 8.87. The lowest BCUT2D eigenvalue weighted by molar-refractivity contribution is 0.276. The van der Waals surface area contributed by atoms with Crippen molar-refractivity contribution in [1.29, 1.82) is 0 Å². The largest absolute Gasteiger partial charge is 0.497 e. The summed E-state index contributed by atoms with van der Waals surface area (Å²) in [6.45, 7) is -0.272. The first kappa shape index (κ1) is 22.1. The Bertz CT molecular complexity index is 1570. The van der Waals surface area contributed by atoms with Gasteiger partial charge in [0.2, 0.25) is 0 Å². The quantitative estimate of drug-likeness (QED) is 0.326. The summed E-state index contributed by atoms with van der Waals surface area (Å²) < 4.78 is 44.9. The van der Waals surface area contributed by atoms with Gasteiger partial charge in [-0.1, -0.05) is 6.07 Å². The number of benzene rings is 4. The van der Waals surface area contributed by atoms with Crippen molar-refractivity contribution in [3.05, 3.63) is 66.2 Å². The van der Waals surface area contributed by atoms with E-state index < -0.39 is 7.14 Å². The van der Waals surface area contributed by atoms with E-state index >= 15 is 4.57 Å². The molecule has 1 N–H and O–H groups in total. The van der Waals surface area contributed by atoms with Gasteiger partial charge >= 0.3 is 0 Å². The molecule has 0 aromatic heterocycles. The van der Waals surface area contributed by atoms with Crippen molar-refractivity contribution in [3.63, 3.8) is 0 Å². The van der Waals surface area contributed by atoms with E-state index in [1.54, 1.807) is 39.5 Å². The number of hydrogen-bond acceptors (Lipinski definition) is 8. The molecule has 37 heavy (non-hydrogen) atoms. The maximum absolute atomic E-state index is 15.6. The van der Waals surface area contributed by atoms with E-state index in [1.807, 2.05) is 47.4 Å². The van der Waals surface area contributed by atoms with Crippen molar-refractivity contribution in [2.24, 2.45) is 0 Å². The lowest BCUT2D eigenvalue weighted by atomic mass is 10.1. The minimum Gasteiger partial charge on any atom is -0.497 e. The smallest absolute Gasteiger partial charge is 0.190 e. The molecule has 1 unspecified atom stereocenters. The van der Waals surface area contributed by atoms with Crippen LogP contribution >= 0.6 is 7.14 Å². The fourth-order valence-electron chi connectivity index (χ4n) is 5.45. The molecule has 0 bridgehead atoms. The molecule has 0 saturated heterocycles. The molecule has 4 aromatic rings. The van der Waals surface area contributed by atoms with E-state index in [2.05, 4.69) is 0 Å². The molecule has 0 spiro atoms. The van der Waals surface area contributed by atoms with E-state index in [0.29, 0.717) is 67.3 Å². The van der Waals surface area contributed by atoms with Crippen LogP contribution in [0.15, 0.2) is 60.7 Å². The number of aliphatic hydroxyl groups excluding tert-OH is 1. The summed E-state index contributed by atoms with van der Waals surface area (Å²) in [6.07, 6.45) is 0. The van der Waals surface area contributed by atoms with Gasteiger partial charge in [-0.3, -0.25) is 0 Å². The minimum atomic E-state index is -3.53. The zero-order chi connectivity index (χ0) is 25.5. The van der Waals surface area contributed by atoms with Gasteiger partial charge in [-0.05, 0) is 42.5 Å². The monoisotopic (exact) mass is 515 g/mol. The molecule has 3 aliphatic heterocycles. The molecule has 186 valence electrons. The van der Waals surface area contributed by atoms with Crippen LogP contribution in [-0.4, -0.2) is 26.4 Å². The molecule has 0 radical (unpaired) electrons. The van der Waals surface area contributed by atoms with Crippen LogP contribution in [-0.2, 0) is 11.2 Å². The third-order valence-corrected chi connectivity index (χ3v) is 10.3. The predicted octanol–water partition coefficient (Wildman–Crippen LogP) is 4.84. The van der Waals surface area contributed by atoms with Crippen LogP contribution in [0.5, 0.6) is 40.2 Å². The number of hydrogen-bond donors (Lipinski definition) is 1. The molecule has 3 aliphatic rings. The van der Waals surface area contributed by atoms with E-state index in [-0.39, 0.29) is 6.61 Å². The Hall–Kier alpha value is -4.13. The zero-order valence-electron chi connectivity index (χ0n) is 20.3. The average Bonchev–Trinajstić information content (AvgIpc) is 2.93. The Labute approximate surface area is 212 Å². The molecule has 8 nitrogen and oxygen atoms in total. The summed E-state index contributed by atoms with van der Waals surface area (Å²) in [5.41, 5.74) is 2.80. The highest BCUT2D eigenvalue weighted by Gasteiger charge is 2.54. The highest BCUT2D eigenvalue weighted by atomic mass is 31.2. The van der Waals surface area contributed by atoms with Crippen LogP contribution in [0.3, 0.4) is 0 Å². The molecule has 1 atom stereocenters. The number of rotatable bonds is 5. The number of ether oxygens (including phenoxy) is 5. The van der Waals surface area contributed by atoms with Crippen LogP contribution < -0.4 is 44.5 Å². The van der Waals surface area contributed by atoms with Crippen molar-refractivity contribution in [2.45, 2.75) is 6.61 Å². The predicted molar refractivity (Wildman–Crippen MR) is 140 cm³/mol. The third kappa shape index (κ3) is 2.74. The first-order valence-corrected chi connectivity index (χ1v) is 13.4. The summed E-state index contributed by atoms with van der Waals surface area (Å²) in [5.74, 6) is 3.24. The molecular formula is C28H22NO7P. The summed E-state index contributed by atoms with van der Waals surface area (Å²) in [6, 6.07) is 18.5. The van der Waals surface area contributed by atoms with Crippen LogP contribution in [0.4, 0.5) is 17.1 Å². The number of anilines is 3. The normalized spacial score (nSPS) is 17.4. The molecule has 3 heterocycles. The molecule has 0 saturated carbocycles. The fraction of sp³-hybridized carbons (Fsp3) is 0.143. The summed E-state index contributed by atoms with van der Waals surface area (Å²) in [5, 5.41) is 11.8. The van der Waals surface area contributed by atoms with Crippen LogP contribution in [0.1, 0.15) is 5.56 Å². The lowest BCUT2D eigenvalue weighted by Gasteiger charge is -2.44. The van der Waals surface area contributed by atoms with Gasteiger partial charge in [0.15, 0.2) is 18.6 Å². The van der Waals surface area contributed by atoms with Gasteiger partial charge in [0.05, 0.1) is 49.9 Å². The maximum Gasteiger partial charge on any atom is 0.190 e. The Morgan fingerprint density at radius 1 is 0.757 bits per heavy atom. The first-order chi connectivity index (χ1) is 18.0. The van der Waals surface area contributed by atoms with Gasteiger partial charge in [-0.2, -0.15) is 0 Å². The van der Waals surface area contributed by atoms with Crippen molar-refractivity contribution in [1.82, 2.24) is 0 Å². The van der Waals surface area contributed by atoms with Crippen molar-refractivity contribution in [2.75, 3.05) is 26.2 Å². The highest BCUT2D eigenvalue weighted by molar-refractivity contribution is 7.87. The standard InChI is InChI=1S/C28H22NO7P/c1-32-17-7-5-16(6-8-17)29-19-9-4-15(14-30)24-26(19)37(31)27-20(29)10-11-21(34-3)25(27)36-23-13-18(33-2)12-22(35-24)28(23)37/h4-13,30H,14H2,1-3H3. The van der Waals surface area contributed by atoms with Gasteiger partial charge in [-0.25, -0.2) is 0 Å². The van der Waals surface area contributed by atoms with E-state index in [4.69, 9.17) is 23.7 Å². The Kier molecular flexibility index (Phi) is 4.59. The number of aliphatic hydroxyl groups is 1. The van der Waals surface area contributed by atoms with Crippen LogP contribution in [0.2, 0.25) is 0 Å². The Morgan fingerprint density at radius 3 is 2.00 bits per heavy atom. The van der Waals surface area contributed by atoms with Gasteiger partial charge in [-0.15, -0.1) is 0 Å². The molecule has 7 rings (SSSR count). The average molecular weight is 515 g/mol. The number of nitrogens with zero attached hydrogens (tertiary/aromatic N) is 1. The van der Waals surface area contributed by atoms with Crippen LogP contribution in [0.25, 0.3) is 0 Å². The van der Waals surface area contributed by atoms with Gasteiger partial charge in [0, 0.05) is 23.4 Å². The van der Waals surface area contributed by atoms with Crippen molar-refractivity contribution >= 4 is 40.1 Å². The second-order valence-corrected chi connectivity index (χ2v) is 11.4. The molecule has 4 aromatic carbocycles. The SMILES string of the molecule is COc1ccc(N2c3ccc(CO)c4c3P3(=O)c5c(cc(OC)cc5Oc5c(OC)ccc2c53)O4)cc1. The maximum atomic E-state index is 15.6. The first-order valence-electron chi connectivity index (χ1n) is 11.6. The van der Waals surface area contributed by atoms with Crippen molar-refractivity contribution < 1.29 is 33.4 Å². The Morgan fingerprint density at radius 2 is 1.38 bits per heavy atom. The van der Waals surface area contributed by atoms with Gasteiger partial charge in [0.25, 0.3) is 0 Å². The Balaban J connectivity index is 1.63. The lowest BCUT2D eigenvalue weighted by Crippen LogP contribution is -2.42. The number of methoxy groups -OCH3 is 3. The second-order valence-electron chi connectivity index (χ2n) is 8.86. The molecule has 0 amide bonds. The molecular weight excluding hydrogens is 493 g/mol. The third-order valence-electron chi connectivity index (χ3n) is 7.09. The van der Waals surface area contributed by atoms with E-state index in [0.717, 1.165) is 11.4 Å². The molecule has 0 aliphatic carbocycles. The van der Waals surface area contributed by atoms with E-state index in [1.165, 1.54) is 0 Å². The van der Waals surface area contributed by atoms with Crippen LogP contribution in [0, 0.1) is 0 Å². The second kappa shape index (κ2) is 7.68. The van der Waals surface area contributed by atoms with Gasteiger partial charge < -0.3 is 38.3 Å². The highest BCUT2D eigenvalue weighted by Crippen LogP contribution is 2.66. The molecule has 9 heteroatoms. The summed E-state index contributed by atoms with van der Waals surface area (Å²) >= 11 is 0. The summed E-state index contributed by atoms with van der Waals surface area (Å²) in [4.78, 5) is 2.03. The topological polar surface area (TPSA) is 86.7 Å². The van der Waals surface area contributed by atoms with Crippen molar-refractivity contribution in [3.8, 4) is 40.2 Å². The zero-order valence-corrected chi connectivity index (χ0v) is 21.2.